The largest absolute Gasteiger partial charge is 0.493 e. The highest BCUT2D eigenvalue weighted by Gasteiger charge is 2.27. The summed E-state index contributed by atoms with van der Waals surface area (Å²) in [4.78, 5) is 14.6. The Kier molecular flexibility index (Phi) is 7.14. The van der Waals surface area contributed by atoms with Crippen molar-refractivity contribution in [2.24, 2.45) is 5.92 Å². The molecule has 4 nitrogen and oxygen atoms in total. The number of nitrogens with one attached hydrogen (secondary N) is 1. The predicted molar refractivity (Wildman–Crippen MR) is 96.7 cm³/mol. The van der Waals surface area contributed by atoms with E-state index in [4.69, 9.17) is 11.2 Å². The van der Waals surface area contributed by atoms with Crippen LogP contribution in [0.4, 0.5) is 0 Å². The zero-order valence-electron chi connectivity index (χ0n) is 14.8. The molecule has 0 aromatic heterocycles. The van der Waals surface area contributed by atoms with E-state index >= 15 is 0 Å². The van der Waals surface area contributed by atoms with Crippen molar-refractivity contribution in [1.29, 1.82) is 0 Å². The molecule has 0 aliphatic carbocycles. The van der Waals surface area contributed by atoms with Crippen LogP contribution in [0.1, 0.15) is 38.7 Å². The molecule has 1 aliphatic heterocycles. The van der Waals surface area contributed by atoms with Crippen LogP contribution in [-0.2, 0) is 11.3 Å². The number of piperidine rings is 1. The minimum Gasteiger partial charge on any atom is -0.493 e. The molecule has 1 N–H and O–H groups in total. The zero-order chi connectivity index (χ0) is 17.4. The number of hydrogen-bond acceptors (Lipinski definition) is 3. The number of rotatable bonds is 7. The molecule has 0 radical (unpaired) electrons. The molecule has 24 heavy (non-hydrogen) atoms. The van der Waals surface area contributed by atoms with E-state index in [2.05, 4.69) is 30.0 Å². The Morgan fingerprint density at radius 3 is 2.79 bits per heavy atom. The monoisotopic (exact) mass is 328 g/mol. The first kappa shape index (κ1) is 18.4. The molecule has 1 amide bonds. The highest BCUT2D eigenvalue weighted by molar-refractivity contribution is 5.81. The summed E-state index contributed by atoms with van der Waals surface area (Å²) in [5, 5.41) is 3.04. The molecule has 1 heterocycles. The Balaban J connectivity index is 1.83. The molecular weight excluding hydrogens is 300 g/mol. The molecule has 1 unspecified atom stereocenters. The fraction of sp³-hybridized carbons (Fsp3) is 0.550. The molecule has 1 aromatic rings. The lowest BCUT2D eigenvalue weighted by Gasteiger charge is -2.33. The van der Waals surface area contributed by atoms with Gasteiger partial charge in [-0.1, -0.05) is 38.3 Å². The number of nitrogens with zero attached hydrogens (tertiary/aromatic N) is 1. The Morgan fingerprint density at radius 1 is 1.38 bits per heavy atom. The molecule has 1 aromatic carbocycles. The highest BCUT2D eigenvalue weighted by Crippen LogP contribution is 2.17. The van der Waals surface area contributed by atoms with Crippen LogP contribution in [0, 0.1) is 18.3 Å². The average molecular weight is 328 g/mol. The molecule has 0 bridgehead atoms. The van der Waals surface area contributed by atoms with Crippen LogP contribution in [0.5, 0.6) is 5.75 Å². The molecule has 4 heteroatoms. The van der Waals surface area contributed by atoms with Gasteiger partial charge in [0.25, 0.3) is 0 Å². The minimum absolute atomic E-state index is 0.0742. The molecule has 1 atom stereocenters. The number of carbonyl (C=O) groups excluding carboxylic acids is 1. The van der Waals surface area contributed by atoms with Crippen LogP contribution in [-0.4, -0.2) is 36.5 Å². The van der Waals surface area contributed by atoms with Gasteiger partial charge in [-0.2, -0.15) is 0 Å². The summed E-state index contributed by atoms with van der Waals surface area (Å²) < 4.78 is 5.67. The van der Waals surface area contributed by atoms with Gasteiger partial charge in [-0.3, -0.25) is 9.69 Å². The maximum absolute atomic E-state index is 12.5. The lowest BCUT2D eigenvalue weighted by molar-refractivity contribution is -0.127. The van der Waals surface area contributed by atoms with Gasteiger partial charge in [0.1, 0.15) is 5.75 Å². The van der Waals surface area contributed by atoms with Crippen LogP contribution < -0.4 is 10.1 Å². The average Bonchev–Trinajstić information content (AvgIpc) is 2.59. The number of hydrogen-bond donors (Lipinski definition) is 1. The maximum Gasteiger partial charge on any atom is 0.237 e. The van der Waals surface area contributed by atoms with E-state index in [-0.39, 0.29) is 11.9 Å². The Hall–Kier alpha value is -1.99. The van der Waals surface area contributed by atoms with Gasteiger partial charge in [-0.15, -0.1) is 6.42 Å². The second kappa shape index (κ2) is 9.34. The number of ether oxygens (including phenoxy) is 1. The Bertz CT molecular complexity index is 560. The second-order valence-electron chi connectivity index (χ2n) is 6.75. The summed E-state index contributed by atoms with van der Waals surface area (Å²) in [6.07, 6.45) is 8.49. The van der Waals surface area contributed by atoms with Gasteiger partial charge in [0.2, 0.25) is 5.91 Å². The van der Waals surface area contributed by atoms with Crippen LogP contribution in [0.3, 0.4) is 0 Å². The highest BCUT2D eigenvalue weighted by atomic mass is 16.5. The number of likely N-dealkylation sites (tertiary alicyclic amines) is 1. The van der Waals surface area contributed by atoms with Gasteiger partial charge in [-0.25, -0.2) is 0 Å². The first-order valence-electron chi connectivity index (χ1n) is 8.77. The first-order valence-corrected chi connectivity index (χ1v) is 8.77. The Labute approximate surface area is 145 Å². The third-order valence-electron chi connectivity index (χ3n) is 4.18. The first-order chi connectivity index (χ1) is 11.6. The van der Waals surface area contributed by atoms with Crippen LogP contribution in [0.2, 0.25) is 0 Å². The summed E-state index contributed by atoms with van der Waals surface area (Å²) in [6.45, 7) is 6.94. The van der Waals surface area contributed by atoms with Gasteiger partial charge in [0.05, 0.1) is 19.2 Å². The van der Waals surface area contributed by atoms with Crippen molar-refractivity contribution < 1.29 is 9.53 Å². The fourth-order valence-corrected chi connectivity index (χ4v) is 2.87. The van der Waals surface area contributed by atoms with Crippen molar-refractivity contribution in [2.45, 2.75) is 45.7 Å². The topological polar surface area (TPSA) is 41.6 Å². The minimum atomic E-state index is -0.0940. The molecule has 0 saturated carbocycles. The summed E-state index contributed by atoms with van der Waals surface area (Å²) in [7, 11) is 0. The molecule has 1 saturated heterocycles. The lowest BCUT2D eigenvalue weighted by Crippen LogP contribution is -2.49. The van der Waals surface area contributed by atoms with E-state index in [9.17, 15) is 4.79 Å². The van der Waals surface area contributed by atoms with Crippen molar-refractivity contribution in [1.82, 2.24) is 10.2 Å². The van der Waals surface area contributed by atoms with E-state index in [0.717, 1.165) is 37.1 Å². The number of benzene rings is 1. The van der Waals surface area contributed by atoms with Crippen LogP contribution in [0.15, 0.2) is 24.3 Å². The predicted octanol–water partition coefficient (Wildman–Crippen LogP) is 2.83. The smallest absolute Gasteiger partial charge is 0.237 e. The van der Waals surface area contributed by atoms with Gasteiger partial charge in [0, 0.05) is 6.54 Å². The van der Waals surface area contributed by atoms with E-state index in [1.807, 2.05) is 24.3 Å². The molecule has 2 rings (SSSR count). The molecule has 1 aliphatic rings. The van der Waals surface area contributed by atoms with E-state index in [1.54, 1.807) is 0 Å². The van der Waals surface area contributed by atoms with Crippen molar-refractivity contribution in [3.8, 4) is 18.1 Å². The number of terminal acetylenes is 1. The van der Waals surface area contributed by atoms with Crippen molar-refractivity contribution in [3.63, 3.8) is 0 Å². The van der Waals surface area contributed by atoms with Crippen molar-refractivity contribution in [2.75, 3.05) is 19.7 Å². The lowest BCUT2D eigenvalue weighted by atomic mass is 10.0. The standard InChI is InChI=1S/C20H28N2O2/c1-4-12-22-13-6-5-7-19(22)20(23)21-14-17-8-10-18(11-9-17)24-15-16(2)3/h1,8-11,16,19H,5-7,12-15H2,2-3H3,(H,21,23). The van der Waals surface area contributed by atoms with E-state index < -0.39 is 0 Å². The second-order valence-corrected chi connectivity index (χ2v) is 6.75. The SMILES string of the molecule is C#CCN1CCCCC1C(=O)NCc1ccc(OCC(C)C)cc1. The molecule has 130 valence electrons. The van der Waals surface area contributed by atoms with E-state index in [1.165, 1.54) is 0 Å². The Morgan fingerprint density at radius 2 is 2.12 bits per heavy atom. The van der Waals surface area contributed by atoms with Gasteiger partial charge in [0.15, 0.2) is 0 Å². The third kappa shape index (κ3) is 5.58. The number of carbonyl (C=O) groups is 1. The van der Waals surface area contributed by atoms with Gasteiger partial charge >= 0.3 is 0 Å². The number of amides is 1. The zero-order valence-corrected chi connectivity index (χ0v) is 14.8. The van der Waals surface area contributed by atoms with Crippen LogP contribution in [0.25, 0.3) is 0 Å². The van der Waals surface area contributed by atoms with Crippen molar-refractivity contribution in [3.05, 3.63) is 29.8 Å². The normalized spacial score (nSPS) is 18.2. The molecular formula is C20H28N2O2. The van der Waals surface area contributed by atoms with Gasteiger partial charge in [-0.05, 0) is 43.0 Å². The summed E-state index contributed by atoms with van der Waals surface area (Å²) in [6, 6.07) is 7.81. The maximum atomic E-state index is 12.5. The fourth-order valence-electron chi connectivity index (χ4n) is 2.87. The molecule has 1 fully saturated rings. The van der Waals surface area contributed by atoms with E-state index in [0.29, 0.717) is 25.6 Å². The van der Waals surface area contributed by atoms with Gasteiger partial charge < -0.3 is 10.1 Å². The summed E-state index contributed by atoms with van der Waals surface area (Å²) >= 11 is 0. The molecule has 0 spiro atoms. The third-order valence-corrected chi connectivity index (χ3v) is 4.18. The van der Waals surface area contributed by atoms with Crippen LogP contribution >= 0.6 is 0 Å². The van der Waals surface area contributed by atoms with Crippen molar-refractivity contribution >= 4 is 5.91 Å². The summed E-state index contributed by atoms with van der Waals surface area (Å²) in [5.41, 5.74) is 1.07. The summed E-state index contributed by atoms with van der Waals surface area (Å²) in [5.74, 6) is 4.10. The quantitative estimate of drug-likeness (QED) is 0.783.